The van der Waals surface area contributed by atoms with Crippen LogP contribution in [0.5, 0.6) is 0 Å². The number of rotatable bonds is 2. The number of halogens is 1. The second-order valence-corrected chi connectivity index (χ2v) is 3.99. The summed E-state index contributed by atoms with van der Waals surface area (Å²) in [5.41, 5.74) is 13.8. The van der Waals surface area contributed by atoms with E-state index in [-0.39, 0.29) is 0 Å². The van der Waals surface area contributed by atoms with Gasteiger partial charge in [-0.25, -0.2) is 4.98 Å². The van der Waals surface area contributed by atoms with Gasteiger partial charge in [-0.2, -0.15) is 0 Å². The predicted octanol–water partition coefficient (Wildman–Crippen LogP) is 1.82. The van der Waals surface area contributed by atoms with Crippen LogP contribution in [0.15, 0.2) is 27.4 Å². The topological polar surface area (TPSA) is 77.3 Å². The Bertz CT molecular complexity index is 419. The number of nitrogens with zero attached hydrogens (tertiary/aromatic N) is 2. The van der Waals surface area contributed by atoms with Gasteiger partial charge in [0, 0.05) is 40.8 Å². The third kappa shape index (κ3) is 2.79. The fraction of sp³-hybridized carbons (Fsp3) is 0.200. The minimum Gasteiger partial charge on any atom is -0.402 e. The van der Waals surface area contributed by atoms with Crippen molar-refractivity contribution in [3.8, 4) is 0 Å². The van der Waals surface area contributed by atoms with Gasteiger partial charge in [-0.1, -0.05) is 0 Å². The first-order chi connectivity index (χ1) is 7.06. The molecule has 0 radical (unpaired) electrons. The number of nitrogens with two attached hydrogens (primary N) is 2. The van der Waals surface area contributed by atoms with Crippen LogP contribution in [0.4, 0.5) is 5.82 Å². The van der Waals surface area contributed by atoms with E-state index >= 15 is 0 Å². The van der Waals surface area contributed by atoms with Crippen molar-refractivity contribution >= 4 is 33.5 Å². The summed E-state index contributed by atoms with van der Waals surface area (Å²) in [6, 6.07) is 1.87. The Morgan fingerprint density at radius 3 is 2.80 bits per heavy atom. The molecule has 1 aromatic rings. The fourth-order valence-corrected chi connectivity index (χ4v) is 1.51. The number of hydrogen-bond acceptors (Lipinski definition) is 4. The highest BCUT2D eigenvalue weighted by Gasteiger charge is 2.07. The van der Waals surface area contributed by atoms with E-state index in [2.05, 4.69) is 25.9 Å². The molecule has 80 valence electrons. The third-order valence-electron chi connectivity index (χ3n) is 1.86. The quantitative estimate of drug-likeness (QED) is 0.804. The van der Waals surface area contributed by atoms with Gasteiger partial charge in [0.15, 0.2) is 0 Å². The smallest absolute Gasteiger partial charge is 0.131 e. The van der Waals surface area contributed by atoms with Crippen LogP contribution in [0, 0.1) is 0 Å². The summed E-state index contributed by atoms with van der Waals surface area (Å²) in [5.74, 6) is 0.443. The van der Waals surface area contributed by atoms with Crippen LogP contribution >= 0.6 is 15.9 Å². The molecule has 4 N–H and O–H groups in total. The van der Waals surface area contributed by atoms with Gasteiger partial charge < -0.3 is 11.5 Å². The highest BCUT2D eigenvalue weighted by molar-refractivity contribution is 9.10. The lowest BCUT2D eigenvalue weighted by atomic mass is 10.1. The Morgan fingerprint density at radius 1 is 1.60 bits per heavy atom. The van der Waals surface area contributed by atoms with E-state index in [1.54, 1.807) is 26.4 Å². The van der Waals surface area contributed by atoms with Crippen LogP contribution < -0.4 is 11.5 Å². The van der Waals surface area contributed by atoms with Crippen molar-refractivity contribution in [2.45, 2.75) is 6.92 Å². The van der Waals surface area contributed by atoms with Crippen molar-refractivity contribution in [2.24, 2.45) is 10.7 Å². The van der Waals surface area contributed by atoms with Gasteiger partial charge in [-0.05, 0) is 28.9 Å². The number of aliphatic imine (C=N–C) groups is 1. The standard InChI is InChI=1S/C10H13BrN4/c1-6(12)9(5-14-2)8-3-7(11)4-15-10(8)13/h3-5H,12H2,1-2H3,(H2,13,15). The maximum atomic E-state index is 5.78. The monoisotopic (exact) mass is 268 g/mol. The van der Waals surface area contributed by atoms with E-state index < -0.39 is 0 Å². The molecule has 0 aliphatic heterocycles. The zero-order valence-electron chi connectivity index (χ0n) is 8.66. The van der Waals surface area contributed by atoms with Crippen LogP contribution in [0.2, 0.25) is 0 Å². The first-order valence-corrected chi connectivity index (χ1v) is 5.15. The first-order valence-electron chi connectivity index (χ1n) is 4.36. The predicted molar refractivity (Wildman–Crippen MR) is 67.5 cm³/mol. The van der Waals surface area contributed by atoms with E-state index in [4.69, 9.17) is 11.5 Å². The van der Waals surface area contributed by atoms with Gasteiger partial charge in [0.25, 0.3) is 0 Å². The van der Waals surface area contributed by atoms with E-state index in [1.807, 2.05) is 6.07 Å². The molecular formula is C10H13BrN4. The summed E-state index contributed by atoms with van der Waals surface area (Å²) in [5, 5.41) is 0. The SMILES string of the molecule is CN=CC(=C(C)N)c1cc(Br)cnc1N. The minimum atomic E-state index is 0.443. The molecule has 1 heterocycles. The molecule has 0 unspecified atom stereocenters. The lowest BCUT2D eigenvalue weighted by Gasteiger charge is -2.07. The van der Waals surface area contributed by atoms with Crippen molar-refractivity contribution in [3.63, 3.8) is 0 Å². The second-order valence-electron chi connectivity index (χ2n) is 3.07. The maximum Gasteiger partial charge on any atom is 0.131 e. The Morgan fingerprint density at radius 2 is 2.27 bits per heavy atom. The van der Waals surface area contributed by atoms with E-state index in [0.717, 1.165) is 15.6 Å². The molecule has 0 aliphatic rings. The molecule has 1 aromatic heterocycles. The fourth-order valence-electron chi connectivity index (χ4n) is 1.18. The molecule has 0 saturated heterocycles. The summed E-state index contributed by atoms with van der Waals surface area (Å²) in [7, 11) is 1.69. The molecule has 0 saturated carbocycles. The number of hydrogen-bond donors (Lipinski definition) is 2. The Balaban J connectivity index is 3.36. The number of nitrogen functional groups attached to an aromatic ring is 1. The highest BCUT2D eigenvalue weighted by Crippen LogP contribution is 2.23. The van der Waals surface area contributed by atoms with Crippen molar-refractivity contribution in [2.75, 3.05) is 12.8 Å². The summed E-state index contributed by atoms with van der Waals surface area (Å²) >= 11 is 3.34. The number of anilines is 1. The van der Waals surface area contributed by atoms with Crippen molar-refractivity contribution < 1.29 is 0 Å². The number of allylic oxidation sites excluding steroid dienone is 2. The van der Waals surface area contributed by atoms with Gasteiger partial charge in [-0.3, -0.25) is 4.99 Å². The van der Waals surface area contributed by atoms with Gasteiger partial charge in [0.2, 0.25) is 0 Å². The van der Waals surface area contributed by atoms with Crippen molar-refractivity contribution in [1.29, 1.82) is 0 Å². The number of pyridine rings is 1. The summed E-state index contributed by atoms with van der Waals surface area (Å²) < 4.78 is 0.856. The molecule has 0 amide bonds. The van der Waals surface area contributed by atoms with Crippen molar-refractivity contribution in [1.82, 2.24) is 4.98 Å². The van der Waals surface area contributed by atoms with Gasteiger partial charge in [-0.15, -0.1) is 0 Å². The van der Waals surface area contributed by atoms with Crippen LogP contribution in [0.1, 0.15) is 12.5 Å². The molecule has 15 heavy (non-hydrogen) atoms. The summed E-state index contributed by atoms with van der Waals surface area (Å²) in [6.45, 7) is 1.80. The summed E-state index contributed by atoms with van der Waals surface area (Å²) in [6.07, 6.45) is 3.32. The lowest BCUT2D eigenvalue weighted by molar-refractivity contribution is 1.28. The zero-order chi connectivity index (χ0) is 11.4. The van der Waals surface area contributed by atoms with E-state index in [1.165, 1.54) is 0 Å². The summed E-state index contributed by atoms with van der Waals surface area (Å²) in [4.78, 5) is 7.99. The third-order valence-corrected chi connectivity index (χ3v) is 2.29. The molecule has 0 aliphatic carbocycles. The average Bonchev–Trinajstić information content (AvgIpc) is 2.18. The molecule has 1 rings (SSSR count). The average molecular weight is 269 g/mol. The molecular weight excluding hydrogens is 256 g/mol. The minimum absolute atomic E-state index is 0.443. The van der Waals surface area contributed by atoms with Gasteiger partial charge in [0.1, 0.15) is 5.82 Å². The van der Waals surface area contributed by atoms with Crippen LogP contribution in [-0.2, 0) is 0 Å². The Kier molecular flexibility index (Phi) is 3.85. The molecule has 0 spiro atoms. The molecule has 0 bridgehead atoms. The first kappa shape index (κ1) is 11.7. The van der Waals surface area contributed by atoms with E-state index in [0.29, 0.717) is 11.5 Å². The van der Waals surface area contributed by atoms with Crippen LogP contribution in [0.25, 0.3) is 5.57 Å². The molecule has 4 nitrogen and oxygen atoms in total. The Labute approximate surface area is 97.2 Å². The van der Waals surface area contributed by atoms with Crippen LogP contribution in [0.3, 0.4) is 0 Å². The van der Waals surface area contributed by atoms with Crippen molar-refractivity contribution in [3.05, 3.63) is 28.0 Å². The van der Waals surface area contributed by atoms with Crippen LogP contribution in [-0.4, -0.2) is 18.2 Å². The molecule has 0 fully saturated rings. The molecule has 0 atom stereocenters. The maximum absolute atomic E-state index is 5.78. The largest absolute Gasteiger partial charge is 0.402 e. The lowest BCUT2D eigenvalue weighted by Crippen LogP contribution is -2.03. The van der Waals surface area contributed by atoms with E-state index in [9.17, 15) is 0 Å². The van der Waals surface area contributed by atoms with Gasteiger partial charge >= 0.3 is 0 Å². The second kappa shape index (κ2) is 4.93. The number of aromatic nitrogens is 1. The highest BCUT2D eigenvalue weighted by atomic mass is 79.9. The zero-order valence-corrected chi connectivity index (χ0v) is 10.2. The normalized spacial score (nSPS) is 13.0. The van der Waals surface area contributed by atoms with Gasteiger partial charge in [0.05, 0.1) is 0 Å². The Hall–Kier alpha value is -1.36. The molecule has 0 aromatic carbocycles. The molecule has 5 heteroatoms.